The summed E-state index contributed by atoms with van der Waals surface area (Å²) < 4.78 is 6.40. The summed E-state index contributed by atoms with van der Waals surface area (Å²) in [6.45, 7) is 17.0. The van der Waals surface area contributed by atoms with E-state index >= 15 is 0 Å². The summed E-state index contributed by atoms with van der Waals surface area (Å²) in [4.78, 5) is 8.75. The number of nitrogens with zero attached hydrogens (tertiary/aromatic N) is 2. The number of benzene rings is 2. The number of aliphatic imine (C=N–C) groups is 2. The van der Waals surface area contributed by atoms with Crippen LogP contribution in [0.3, 0.4) is 0 Å². The predicted octanol–water partition coefficient (Wildman–Crippen LogP) is 6.05. The van der Waals surface area contributed by atoms with Gasteiger partial charge in [0.25, 0.3) is 0 Å². The van der Waals surface area contributed by atoms with Crippen molar-refractivity contribution in [2.75, 3.05) is 0 Å². The molecule has 2 aromatic carbocycles. The Morgan fingerprint density at radius 1 is 1.03 bits per heavy atom. The standard InChI is InChI=1S/C24H32BClN2O/c1-23(2,3)17-25(29-24(4,5)6)20-13-18(14-21(26)15-20)16-28-22(27-7)19-11-9-8-10-12-19/h8-15H,7,16-17H2,1-6H3. The van der Waals surface area contributed by atoms with Gasteiger partial charge in [-0.1, -0.05) is 68.8 Å². The van der Waals surface area contributed by atoms with Gasteiger partial charge in [0.1, 0.15) is 0 Å². The molecule has 0 N–H and O–H groups in total. The summed E-state index contributed by atoms with van der Waals surface area (Å²) in [7, 11) is 0. The third-order valence-corrected chi connectivity index (χ3v) is 4.46. The second-order valence-corrected chi connectivity index (χ2v) is 9.98. The second-order valence-electron chi connectivity index (χ2n) is 9.54. The topological polar surface area (TPSA) is 34.0 Å². The van der Waals surface area contributed by atoms with Crippen molar-refractivity contribution in [3.05, 3.63) is 64.7 Å². The minimum absolute atomic E-state index is 0.0393. The first kappa shape index (κ1) is 23.4. The zero-order chi connectivity index (χ0) is 21.7. The molecule has 0 heterocycles. The van der Waals surface area contributed by atoms with Crippen LogP contribution in [0.4, 0.5) is 0 Å². The molecule has 154 valence electrons. The van der Waals surface area contributed by atoms with Gasteiger partial charge in [0.2, 0.25) is 0 Å². The van der Waals surface area contributed by atoms with E-state index < -0.39 is 0 Å². The predicted molar refractivity (Wildman–Crippen MR) is 128 cm³/mol. The molecular formula is C24H32BClN2O. The lowest BCUT2D eigenvalue weighted by Gasteiger charge is -2.30. The van der Waals surface area contributed by atoms with Crippen LogP contribution in [0.15, 0.2) is 58.5 Å². The van der Waals surface area contributed by atoms with Gasteiger partial charge in [-0.25, -0.2) is 4.99 Å². The fraction of sp³-hybridized carbons (Fsp3) is 0.417. The summed E-state index contributed by atoms with van der Waals surface area (Å²) in [6.07, 6.45) is 0.900. The van der Waals surface area contributed by atoms with E-state index in [1.54, 1.807) is 0 Å². The van der Waals surface area contributed by atoms with E-state index in [-0.39, 0.29) is 17.9 Å². The Kier molecular flexibility index (Phi) is 7.84. The quantitative estimate of drug-likeness (QED) is 0.324. The first-order valence-electron chi connectivity index (χ1n) is 10.0. The highest BCUT2D eigenvalue weighted by atomic mass is 35.5. The molecule has 3 nitrogen and oxygen atoms in total. The van der Waals surface area contributed by atoms with Gasteiger partial charge in [0.15, 0.2) is 5.84 Å². The minimum Gasteiger partial charge on any atom is -0.426 e. The number of halogens is 1. The van der Waals surface area contributed by atoms with Crippen molar-refractivity contribution < 1.29 is 4.65 Å². The molecule has 0 bridgehead atoms. The zero-order valence-corrected chi connectivity index (χ0v) is 19.3. The van der Waals surface area contributed by atoms with Crippen LogP contribution in [0.2, 0.25) is 11.3 Å². The van der Waals surface area contributed by atoms with Crippen LogP contribution in [0.5, 0.6) is 0 Å². The molecule has 0 atom stereocenters. The molecule has 29 heavy (non-hydrogen) atoms. The maximum atomic E-state index is 6.46. The third kappa shape index (κ3) is 8.16. The average Bonchev–Trinajstić information content (AvgIpc) is 2.60. The van der Waals surface area contributed by atoms with Crippen LogP contribution in [-0.2, 0) is 11.2 Å². The monoisotopic (exact) mass is 410 g/mol. The van der Waals surface area contributed by atoms with Crippen molar-refractivity contribution in [1.82, 2.24) is 0 Å². The van der Waals surface area contributed by atoms with Crippen molar-refractivity contribution >= 4 is 36.5 Å². The van der Waals surface area contributed by atoms with Crippen LogP contribution in [0.25, 0.3) is 0 Å². The average molecular weight is 411 g/mol. The van der Waals surface area contributed by atoms with Gasteiger partial charge in [-0.2, -0.15) is 0 Å². The number of rotatable bonds is 6. The van der Waals surface area contributed by atoms with Crippen LogP contribution >= 0.6 is 11.6 Å². The highest BCUT2D eigenvalue weighted by molar-refractivity contribution is 6.67. The summed E-state index contributed by atoms with van der Waals surface area (Å²) in [5.74, 6) is 0.629. The molecule has 5 heteroatoms. The van der Waals surface area contributed by atoms with E-state index in [4.69, 9.17) is 16.3 Å². The Morgan fingerprint density at radius 3 is 2.24 bits per heavy atom. The molecule has 0 aliphatic heterocycles. The zero-order valence-electron chi connectivity index (χ0n) is 18.5. The summed E-state index contributed by atoms with van der Waals surface area (Å²) >= 11 is 6.46. The van der Waals surface area contributed by atoms with Crippen molar-refractivity contribution in [2.45, 2.75) is 60.0 Å². The Bertz CT molecular complexity index is 835. The third-order valence-electron chi connectivity index (χ3n) is 4.24. The Hall–Kier alpha value is -1.91. The molecule has 0 unspecified atom stereocenters. The molecule has 0 amide bonds. The lowest BCUT2D eigenvalue weighted by molar-refractivity contribution is 0.129. The van der Waals surface area contributed by atoms with E-state index in [0.717, 1.165) is 22.9 Å². The summed E-state index contributed by atoms with van der Waals surface area (Å²) in [5, 5.41) is 0.692. The summed E-state index contributed by atoms with van der Waals surface area (Å²) in [5.41, 5.74) is 2.95. The van der Waals surface area contributed by atoms with Crippen LogP contribution in [0.1, 0.15) is 52.7 Å². The fourth-order valence-corrected chi connectivity index (χ4v) is 3.42. The number of hydrogen-bond acceptors (Lipinski definition) is 2. The van der Waals surface area contributed by atoms with Crippen molar-refractivity contribution in [3.63, 3.8) is 0 Å². The first-order valence-corrected chi connectivity index (χ1v) is 10.4. The van der Waals surface area contributed by atoms with E-state index in [2.05, 4.69) is 64.3 Å². The first-order chi connectivity index (χ1) is 13.5. The van der Waals surface area contributed by atoms with E-state index in [1.165, 1.54) is 0 Å². The van der Waals surface area contributed by atoms with Crippen molar-refractivity contribution in [3.8, 4) is 0 Å². The van der Waals surface area contributed by atoms with Crippen molar-refractivity contribution in [2.24, 2.45) is 15.4 Å². The van der Waals surface area contributed by atoms with Gasteiger partial charge >= 0.3 is 6.92 Å². The molecule has 2 rings (SSSR count). The molecule has 0 radical (unpaired) electrons. The molecule has 0 fully saturated rings. The van der Waals surface area contributed by atoms with Gasteiger partial charge in [0, 0.05) is 16.2 Å². The largest absolute Gasteiger partial charge is 0.426 e. The SMILES string of the molecule is C=NC(=NCc1cc(Cl)cc(B(CC(C)(C)C)OC(C)(C)C)c1)c1ccccc1. The van der Waals surface area contributed by atoms with Gasteiger partial charge in [-0.05, 0) is 62.4 Å². The van der Waals surface area contributed by atoms with Crippen LogP contribution < -0.4 is 5.46 Å². The van der Waals surface area contributed by atoms with Gasteiger partial charge in [-0.15, -0.1) is 0 Å². The van der Waals surface area contributed by atoms with E-state index in [1.807, 2.05) is 42.5 Å². The van der Waals surface area contributed by atoms with Gasteiger partial charge in [-0.3, -0.25) is 4.99 Å². The Labute approximate surface area is 181 Å². The number of hydrogen-bond donors (Lipinski definition) is 0. The lowest BCUT2D eigenvalue weighted by Crippen LogP contribution is -2.42. The van der Waals surface area contributed by atoms with Crippen molar-refractivity contribution in [1.29, 1.82) is 0 Å². The maximum absolute atomic E-state index is 6.46. The highest BCUT2D eigenvalue weighted by Gasteiger charge is 2.30. The maximum Gasteiger partial charge on any atom is 0.327 e. The van der Waals surface area contributed by atoms with E-state index in [0.29, 0.717) is 17.4 Å². The molecule has 0 aromatic heterocycles. The van der Waals surface area contributed by atoms with Crippen LogP contribution in [0, 0.1) is 5.41 Å². The molecule has 0 spiro atoms. The molecule has 0 aliphatic rings. The number of amidine groups is 1. The molecule has 2 aromatic rings. The second kappa shape index (κ2) is 9.73. The Morgan fingerprint density at radius 2 is 1.69 bits per heavy atom. The fourth-order valence-electron chi connectivity index (χ4n) is 3.15. The van der Waals surface area contributed by atoms with Gasteiger partial charge < -0.3 is 4.65 Å². The lowest BCUT2D eigenvalue weighted by atomic mass is 9.52. The smallest absolute Gasteiger partial charge is 0.327 e. The molecule has 0 saturated carbocycles. The van der Waals surface area contributed by atoms with Crippen LogP contribution in [-0.4, -0.2) is 25.1 Å². The normalized spacial score (nSPS) is 12.7. The highest BCUT2D eigenvalue weighted by Crippen LogP contribution is 2.25. The minimum atomic E-state index is -0.246. The Balaban J connectivity index is 2.33. The molecule has 0 saturated heterocycles. The van der Waals surface area contributed by atoms with Gasteiger partial charge in [0.05, 0.1) is 6.54 Å². The van der Waals surface area contributed by atoms with E-state index in [9.17, 15) is 0 Å². The molecular weight excluding hydrogens is 379 g/mol. The summed E-state index contributed by atoms with van der Waals surface area (Å²) in [6, 6.07) is 16.0. The molecule has 0 aliphatic carbocycles.